The minimum Gasteiger partial charge on any atom is -0.465 e. The number of aromatic nitrogens is 1. The first-order valence-electron chi connectivity index (χ1n) is 4.07. The Bertz CT molecular complexity index is 469. The Morgan fingerprint density at radius 1 is 1.69 bits per heavy atom. The lowest BCUT2D eigenvalue weighted by molar-refractivity contribution is 0.0589. The molecule has 5 nitrogen and oxygen atoms in total. The number of pyridine rings is 1. The van der Waals surface area contributed by atoms with Crippen molar-refractivity contribution in [3.63, 3.8) is 0 Å². The number of nitrogens with zero attached hydrogens (tertiary/aromatic N) is 2. The number of anilines is 1. The molecule has 0 aromatic carbocycles. The predicted molar refractivity (Wildman–Crippen MR) is 49.7 cm³/mol. The SMILES string of the molecule is COC(=O)c1c(C#N)cnc(N)c1C(F)F. The molecule has 0 aliphatic rings. The van der Waals surface area contributed by atoms with Crippen LogP contribution in [-0.4, -0.2) is 18.1 Å². The van der Waals surface area contributed by atoms with E-state index in [1.807, 2.05) is 0 Å². The Balaban J connectivity index is 3.57. The summed E-state index contributed by atoms with van der Waals surface area (Å²) in [6.07, 6.45) is -2.05. The normalized spacial score (nSPS) is 9.94. The van der Waals surface area contributed by atoms with E-state index in [0.717, 1.165) is 13.3 Å². The quantitative estimate of drug-likeness (QED) is 0.768. The molecule has 2 N–H and O–H groups in total. The number of methoxy groups -OCH3 is 1. The van der Waals surface area contributed by atoms with Gasteiger partial charge in [0.25, 0.3) is 6.43 Å². The highest BCUT2D eigenvalue weighted by molar-refractivity contribution is 5.95. The number of carbonyl (C=O) groups is 1. The molecule has 0 fully saturated rings. The second-order valence-corrected chi connectivity index (χ2v) is 2.75. The number of esters is 1. The summed E-state index contributed by atoms with van der Waals surface area (Å²) in [5.41, 5.74) is 3.63. The van der Waals surface area contributed by atoms with Gasteiger partial charge in [-0.05, 0) is 0 Å². The van der Waals surface area contributed by atoms with E-state index in [4.69, 9.17) is 11.0 Å². The second-order valence-electron chi connectivity index (χ2n) is 2.75. The van der Waals surface area contributed by atoms with Crippen LogP contribution in [0.5, 0.6) is 0 Å². The fraction of sp³-hybridized carbons (Fsp3) is 0.222. The van der Waals surface area contributed by atoms with Gasteiger partial charge in [0.05, 0.1) is 23.8 Å². The van der Waals surface area contributed by atoms with Crippen molar-refractivity contribution in [1.29, 1.82) is 5.26 Å². The first-order chi connectivity index (χ1) is 7.52. The van der Waals surface area contributed by atoms with Gasteiger partial charge in [-0.15, -0.1) is 0 Å². The molecule has 84 valence electrons. The zero-order valence-corrected chi connectivity index (χ0v) is 8.20. The van der Waals surface area contributed by atoms with Crippen LogP contribution in [0, 0.1) is 11.3 Å². The van der Waals surface area contributed by atoms with Gasteiger partial charge in [-0.1, -0.05) is 0 Å². The first kappa shape index (κ1) is 11.8. The molecule has 1 rings (SSSR count). The molecule has 7 heteroatoms. The van der Waals surface area contributed by atoms with Crippen molar-refractivity contribution in [2.45, 2.75) is 6.43 Å². The van der Waals surface area contributed by atoms with Crippen LogP contribution >= 0.6 is 0 Å². The van der Waals surface area contributed by atoms with Gasteiger partial charge in [-0.3, -0.25) is 0 Å². The Morgan fingerprint density at radius 2 is 2.31 bits per heavy atom. The molecule has 0 saturated carbocycles. The lowest BCUT2D eigenvalue weighted by Gasteiger charge is -2.10. The topological polar surface area (TPSA) is 89.0 Å². The van der Waals surface area contributed by atoms with Gasteiger partial charge in [-0.2, -0.15) is 5.26 Å². The van der Waals surface area contributed by atoms with Crippen molar-refractivity contribution in [1.82, 2.24) is 4.98 Å². The predicted octanol–water partition coefficient (Wildman–Crippen LogP) is 1.26. The van der Waals surface area contributed by atoms with Gasteiger partial charge in [0.2, 0.25) is 0 Å². The third-order valence-electron chi connectivity index (χ3n) is 1.88. The van der Waals surface area contributed by atoms with E-state index >= 15 is 0 Å². The van der Waals surface area contributed by atoms with Gasteiger partial charge in [-0.25, -0.2) is 18.6 Å². The maximum Gasteiger partial charge on any atom is 0.339 e. The number of hydrogen-bond donors (Lipinski definition) is 1. The van der Waals surface area contributed by atoms with Crippen molar-refractivity contribution < 1.29 is 18.3 Å². The molecule has 1 aromatic rings. The van der Waals surface area contributed by atoms with E-state index in [1.165, 1.54) is 0 Å². The van der Waals surface area contributed by atoms with Crippen molar-refractivity contribution in [2.75, 3.05) is 12.8 Å². The van der Waals surface area contributed by atoms with E-state index in [1.54, 1.807) is 6.07 Å². The van der Waals surface area contributed by atoms with Crippen LogP contribution < -0.4 is 5.73 Å². The van der Waals surface area contributed by atoms with Crippen LogP contribution in [0.2, 0.25) is 0 Å². The summed E-state index contributed by atoms with van der Waals surface area (Å²) in [4.78, 5) is 14.7. The van der Waals surface area contributed by atoms with Crippen molar-refractivity contribution in [3.05, 3.63) is 22.9 Å². The molecule has 0 amide bonds. The number of halogens is 2. The van der Waals surface area contributed by atoms with Gasteiger partial charge in [0.15, 0.2) is 0 Å². The molecule has 0 radical (unpaired) electrons. The average molecular weight is 227 g/mol. The summed E-state index contributed by atoms with van der Waals surface area (Å²) >= 11 is 0. The fourth-order valence-electron chi connectivity index (χ4n) is 1.17. The smallest absolute Gasteiger partial charge is 0.339 e. The zero-order valence-electron chi connectivity index (χ0n) is 8.20. The number of ether oxygens (including phenoxy) is 1. The minimum absolute atomic E-state index is 0.295. The third-order valence-corrected chi connectivity index (χ3v) is 1.88. The third kappa shape index (κ3) is 1.91. The van der Waals surface area contributed by atoms with Gasteiger partial charge in [0, 0.05) is 6.20 Å². The lowest BCUT2D eigenvalue weighted by Crippen LogP contribution is -2.12. The van der Waals surface area contributed by atoms with Crippen LogP contribution in [0.4, 0.5) is 14.6 Å². The summed E-state index contributed by atoms with van der Waals surface area (Å²) < 4.78 is 29.6. The number of carbonyl (C=O) groups excluding carboxylic acids is 1. The fourth-order valence-corrected chi connectivity index (χ4v) is 1.17. The number of hydrogen-bond acceptors (Lipinski definition) is 5. The van der Waals surface area contributed by atoms with E-state index in [0.29, 0.717) is 0 Å². The Labute approximate surface area is 89.4 Å². The van der Waals surface area contributed by atoms with Crippen molar-refractivity contribution in [2.24, 2.45) is 0 Å². The number of nitrogens with two attached hydrogens (primary N) is 1. The summed E-state index contributed by atoms with van der Waals surface area (Å²) in [6.45, 7) is 0. The zero-order chi connectivity index (χ0) is 12.3. The molecule has 0 aliphatic carbocycles. The summed E-state index contributed by atoms with van der Waals surface area (Å²) in [5.74, 6) is -1.53. The Kier molecular flexibility index (Phi) is 3.35. The molecular formula is C9H7F2N3O2. The molecule has 0 unspecified atom stereocenters. The number of rotatable bonds is 2. The molecule has 0 spiro atoms. The standard InChI is InChI=1S/C9H7F2N3O2/c1-16-9(15)5-4(2-12)3-14-8(13)6(5)7(10)11/h3,7H,1H3,(H2,13,14). The average Bonchev–Trinajstić information content (AvgIpc) is 2.27. The number of alkyl halides is 2. The van der Waals surface area contributed by atoms with Crippen LogP contribution in [-0.2, 0) is 4.74 Å². The molecule has 1 heterocycles. The van der Waals surface area contributed by atoms with Gasteiger partial charge in [0.1, 0.15) is 11.9 Å². The van der Waals surface area contributed by atoms with Crippen LogP contribution in [0.25, 0.3) is 0 Å². The Hall–Kier alpha value is -2.23. The van der Waals surface area contributed by atoms with Crippen LogP contribution in [0.3, 0.4) is 0 Å². The maximum absolute atomic E-state index is 12.7. The van der Waals surface area contributed by atoms with Gasteiger partial charge >= 0.3 is 5.97 Å². The maximum atomic E-state index is 12.7. The molecule has 0 aliphatic heterocycles. The van der Waals surface area contributed by atoms with Crippen molar-refractivity contribution >= 4 is 11.8 Å². The molecule has 16 heavy (non-hydrogen) atoms. The Morgan fingerprint density at radius 3 is 2.75 bits per heavy atom. The molecule has 0 bridgehead atoms. The highest BCUT2D eigenvalue weighted by Gasteiger charge is 2.26. The highest BCUT2D eigenvalue weighted by atomic mass is 19.3. The second kappa shape index (κ2) is 4.53. The van der Waals surface area contributed by atoms with E-state index in [2.05, 4.69) is 9.72 Å². The minimum atomic E-state index is -3.00. The summed E-state index contributed by atoms with van der Waals surface area (Å²) in [7, 11) is 1.02. The van der Waals surface area contributed by atoms with Crippen LogP contribution in [0.1, 0.15) is 27.9 Å². The lowest BCUT2D eigenvalue weighted by atomic mass is 10.0. The number of nitriles is 1. The number of nitrogen functional groups attached to an aromatic ring is 1. The van der Waals surface area contributed by atoms with E-state index in [9.17, 15) is 13.6 Å². The van der Waals surface area contributed by atoms with Gasteiger partial charge < -0.3 is 10.5 Å². The largest absolute Gasteiger partial charge is 0.465 e. The highest BCUT2D eigenvalue weighted by Crippen LogP contribution is 2.29. The molecular weight excluding hydrogens is 220 g/mol. The molecule has 0 saturated heterocycles. The van der Waals surface area contributed by atoms with Crippen LogP contribution in [0.15, 0.2) is 6.20 Å². The molecule has 0 atom stereocenters. The summed E-state index contributed by atoms with van der Waals surface area (Å²) in [6, 6.07) is 1.58. The van der Waals surface area contributed by atoms with E-state index < -0.39 is 29.3 Å². The van der Waals surface area contributed by atoms with E-state index in [-0.39, 0.29) is 5.56 Å². The monoisotopic (exact) mass is 227 g/mol. The summed E-state index contributed by atoms with van der Waals surface area (Å²) in [5, 5.41) is 8.68. The first-order valence-corrected chi connectivity index (χ1v) is 4.07. The molecule has 1 aromatic heterocycles. The van der Waals surface area contributed by atoms with Crippen molar-refractivity contribution in [3.8, 4) is 6.07 Å².